The van der Waals surface area contributed by atoms with E-state index in [1.165, 1.54) is 36.4 Å². The molecule has 2 heterocycles. The molecule has 10 nitrogen and oxygen atoms in total. The second-order valence-electron chi connectivity index (χ2n) is 8.83. The Morgan fingerprint density at radius 1 is 1.12 bits per heavy atom. The number of carbonyl (C=O) groups excluding carboxylic acids is 2. The average molecular weight is 454 g/mol. The number of phenols is 1. The molecule has 3 fully saturated rings. The molecule has 1 saturated carbocycles. The van der Waals surface area contributed by atoms with Crippen molar-refractivity contribution in [2.24, 2.45) is 23.7 Å². The molecule has 2 saturated heterocycles. The summed E-state index contributed by atoms with van der Waals surface area (Å²) in [6.45, 7) is -0.434. The zero-order valence-electron chi connectivity index (χ0n) is 17.4. The normalized spacial score (nSPS) is 33.2. The van der Waals surface area contributed by atoms with E-state index < -0.39 is 58.9 Å². The third kappa shape index (κ3) is 3.21. The lowest BCUT2D eigenvalue weighted by atomic mass is 9.64. The Bertz CT molecular complexity index is 1140. The number of carbonyl (C=O) groups is 2. The first-order valence-corrected chi connectivity index (χ1v) is 10.7. The van der Waals surface area contributed by atoms with E-state index in [1.807, 2.05) is 0 Å². The number of phenolic OH excluding ortho intramolecular Hbond substituents is 1. The summed E-state index contributed by atoms with van der Waals surface area (Å²) in [7, 11) is 0. The highest BCUT2D eigenvalue weighted by atomic mass is 16.6. The number of anilines is 1. The number of imide groups is 1. The summed E-state index contributed by atoms with van der Waals surface area (Å²) in [5.74, 6) is -5.98. The first-order valence-electron chi connectivity index (χ1n) is 10.7. The van der Waals surface area contributed by atoms with Gasteiger partial charge < -0.3 is 20.1 Å². The minimum atomic E-state index is -1.81. The number of hydrogen-bond donors (Lipinski definition) is 3. The van der Waals surface area contributed by atoms with Crippen molar-refractivity contribution in [1.29, 1.82) is 0 Å². The van der Waals surface area contributed by atoms with Crippen LogP contribution < -0.4 is 4.90 Å². The third-order valence-electron chi connectivity index (χ3n) is 7.15. The Labute approximate surface area is 188 Å². The Balaban J connectivity index is 1.52. The monoisotopic (exact) mass is 454 g/mol. The van der Waals surface area contributed by atoms with E-state index in [-0.39, 0.29) is 30.0 Å². The number of ether oxygens (including phenoxy) is 1. The zero-order valence-corrected chi connectivity index (χ0v) is 17.4. The van der Waals surface area contributed by atoms with Crippen molar-refractivity contribution in [2.45, 2.75) is 24.7 Å². The van der Waals surface area contributed by atoms with Crippen molar-refractivity contribution >= 4 is 23.2 Å². The number of nitro benzene ring substituents is 1. The number of aliphatic hydroxyl groups excluding tert-OH is 1. The number of non-ortho nitro benzene ring substituents is 1. The van der Waals surface area contributed by atoms with Crippen LogP contribution in [0.4, 0.5) is 11.4 Å². The molecule has 33 heavy (non-hydrogen) atoms. The first kappa shape index (κ1) is 21.5. The number of benzene rings is 2. The van der Waals surface area contributed by atoms with Crippen LogP contribution in [0, 0.1) is 33.8 Å². The van der Waals surface area contributed by atoms with Crippen molar-refractivity contribution in [3.63, 3.8) is 0 Å². The minimum absolute atomic E-state index is 0.0481. The van der Waals surface area contributed by atoms with Crippen molar-refractivity contribution in [3.05, 3.63) is 64.2 Å². The average Bonchev–Trinajstić information content (AvgIpc) is 3.27. The fraction of sp³-hybridized carbons (Fsp3) is 0.391. The summed E-state index contributed by atoms with van der Waals surface area (Å²) in [5, 5.41) is 42.2. The number of rotatable bonds is 4. The molecule has 2 aromatic carbocycles. The summed E-state index contributed by atoms with van der Waals surface area (Å²) < 4.78 is 6.01. The Morgan fingerprint density at radius 3 is 2.52 bits per heavy atom. The van der Waals surface area contributed by atoms with Crippen molar-refractivity contribution in [3.8, 4) is 5.75 Å². The van der Waals surface area contributed by atoms with E-state index >= 15 is 0 Å². The Kier molecular flexibility index (Phi) is 4.96. The smallest absolute Gasteiger partial charge is 0.271 e. The van der Waals surface area contributed by atoms with Gasteiger partial charge in [-0.05, 0) is 36.6 Å². The molecule has 2 aliphatic heterocycles. The molecule has 0 aromatic heterocycles. The van der Waals surface area contributed by atoms with Crippen LogP contribution >= 0.6 is 0 Å². The van der Waals surface area contributed by atoms with Gasteiger partial charge in [0, 0.05) is 24.0 Å². The number of fused-ring (bicyclic) bond motifs is 3. The fourth-order valence-corrected chi connectivity index (χ4v) is 5.59. The van der Waals surface area contributed by atoms with E-state index in [0.29, 0.717) is 5.56 Å². The van der Waals surface area contributed by atoms with Gasteiger partial charge in [0.1, 0.15) is 5.75 Å². The lowest BCUT2D eigenvalue weighted by molar-refractivity contribution is -0.384. The molecule has 6 atom stereocenters. The summed E-state index contributed by atoms with van der Waals surface area (Å²) in [5.41, 5.74) is 0.548. The largest absolute Gasteiger partial charge is 0.508 e. The molecule has 172 valence electrons. The van der Waals surface area contributed by atoms with Crippen LogP contribution in [-0.4, -0.2) is 44.5 Å². The lowest BCUT2D eigenvalue weighted by Gasteiger charge is -2.44. The predicted octanol–water partition coefficient (Wildman–Crippen LogP) is 1.88. The van der Waals surface area contributed by atoms with Gasteiger partial charge in [-0.15, -0.1) is 0 Å². The highest BCUT2D eigenvalue weighted by molar-refractivity contribution is 6.22. The highest BCUT2D eigenvalue weighted by Crippen LogP contribution is 2.58. The molecule has 2 aromatic rings. The maximum atomic E-state index is 13.5. The molecular weight excluding hydrogens is 432 g/mol. The number of hydrogen-bond acceptors (Lipinski definition) is 8. The zero-order chi connectivity index (χ0) is 23.5. The van der Waals surface area contributed by atoms with Gasteiger partial charge >= 0.3 is 0 Å². The van der Waals surface area contributed by atoms with E-state index in [0.717, 1.165) is 4.90 Å². The van der Waals surface area contributed by atoms with Gasteiger partial charge in [0.2, 0.25) is 11.8 Å². The van der Waals surface area contributed by atoms with Gasteiger partial charge in [-0.1, -0.05) is 18.2 Å². The summed E-state index contributed by atoms with van der Waals surface area (Å²) in [6, 6.07) is 11.6. The molecule has 0 spiro atoms. The van der Waals surface area contributed by atoms with Gasteiger partial charge in [0.15, 0.2) is 5.79 Å². The number of amides is 2. The van der Waals surface area contributed by atoms with Crippen molar-refractivity contribution in [2.75, 3.05) is 11.5 Å². The maximum absolute atomic E-state index is 13.5. The van der Waals surface area contributed by atoms with Gasteiger partial charge in [-0.3, -0.25) is 19.7 Å². The summed E-state index contributed by atoms with van der Waals surface area (Å²) >= 11 is 0. The van der Waals surface area contributed by atoms with Crippen LogP contribution in [0.3, 0.4) is 0 Å². The van der Waals surface area contributed by atoms with E-state index in [4.69, 9.17) is 4.74 Å². The molecule has 0 unspecified atom stereocenters. The van der Waals surface area contributed by atoms with Crippen LogP contribution in [-0.2, 0) is 14.3 Å². The molecule has 0 bridgehead atoms. The molecule has 10 heteroatoms. The van der Waals surface area contributed by atoms with E-state index in [2.05, 4.69) is 0 Å². The third-order valence-corrected chi connectivity index (χ3v) is 7.15. The lowest BCUT2D eigenvalue weighted by Crippen LogP contribution is -2.54. The van der Waals surface area contributed by atoms with Crippen molar-refractivity contribution in [1.82, 2.24) is 0 Å². The summed E-state index contributed by atoms with van der Waals surface area (Å²) in [4.78, 5) is 38.3. The molecule has 1 aliphatic carbocycles. The van der Waals surface area contributed by atoms with E-state index in [9.17, 15) is 35.0 Å². The molecule has 2 amide bonds. The van der Waals surface area contributed by atoms with Crippen LogP contribution in [0.1, 0.15) is 24.5 Å². The molecular formula is C23H22N2O8. The number of aliphatic hydroxyl groups is 2. The second-order valence-corrected chi connectivity index (χ2v) is 8.83. The van der Waals surface area contributed by atoms with Gasteiger partial charge in [-0.2, -0.15) is 0 Å². The van der Waals surface area contributed by atoms with Gasteiger partial charge in [0.05, 0.1) is 35.2 Å². The Hall–Kier alpha value is -3.34. The van der Waals surface area contributed by atoms with Crippen LogP contribution in [0.25, 0.3) is 0 Å². The molecule has 5 rings (SSSR count). The topological polar surface area (TPSA) is 150 Å². The highest BCUT2D eigenvalue weighted by Gasteiger charge is 2.66. The fourth-order valence-electron chi connectivity index (χ4n) is 5.59. The number of aromatic hydroxyl groups is 1. The van der Waals surface area contributed by atoms with Crippen LogP contribution in [0.2, 0.25) is 0 Å². The van der Waals surface area contributed by atoms with Crippen molar-refractivity contribution < 1.29 is 34.6 Å². The Morgan fingerprint density at radius 2 is 1.85 bits per heavy atom. The van der Waals surface area contributed by atoms with Crippen LogP contribution in [0.15, 0.2) is 48.5 Å². The second kappa shape index (κ2) is 7.62. The number of nitro groups is 1. The molecule has 3 N–H and O–H groups in total. The minimum Gasteiger partial charge on any atom is -0.508 e. The maximum Gasteiger partial charge on any atom is 0.271 e. The standard InChI is InChI=1S/C23H22N2O8/c26-11-13-8-17-20(18-10-19(33-23(13,18)30)12-4-6-16(27)7-5-12)22(29)24(21(17)28)14-2-1-3-15(9-14)25(31)32/h1-7,9,13,17-20,26-27,30H,8,10-11H2/t13-,17+,18+,19+,20+,23-/m1/s1. The van der Waals surface area contributed by atoms with E-state index in [1.54, 1.807) is 12.1 Å². The quantitative estimate of drug-likeness (QED) is 0.360. The first-order chi connectivity index (χ1) is 15.7. The summed E-state index contributed by atoms with van der Waals surface area (Å²) in [6.07, 6.45) is -0.309. The SMILES string of the molecule is O=C1[C@H]2[C@H](C[C@H](CO)[C@@]3(O)O[C@H](c4ccc(O)cc4)C[C@@H]23)C(=O)N1c1cccc([N+](=O)[O-])c1. The van der Waals surface area contributed by atoms with Gasteiger partial charge in [-0.25, -0.2) is 4.90 Å². The molecule has 3 aliphatic rings. The number of nitrogens with zero attached hydrogens (tertiary/aromatic N) is 2. The van der Waals surface area contributed by atoms with Crippen LogP contribution in [0.5, 0.6) is 5.75 Å². The molecule has 0 radical (unpaired) electrons. The van der Waals surface area contributed by atoms with Gasteiger partial charge in [0.25, 0.3) is 5.69 Å². The predicted molar refractivity (Wildman–Crippen MR) is 113 cm³/mol.